The Morgan fingerprint density at radius 1 is 1.05 bits per heavy atom. The van der Waals surface area contributed by atoms with Crippen LogP contribution in [0.1, 0.15) is 19.2 Å². The van der Waals surface area contributed by atoms with Crippen LogP contribution in [0.3, 0.4) is 0 Å². The molecule has 0 radical (unpaired) electrons. The number of anilines is 3. The second-order valence-corrected chi connectivity index (χ2v) is 4.33. The zero-order valence-electron chi connectivity index (χ0n) is 11.3. The standard InChI is InChI=1S/C13H14F3N5/c1-2-3-10-19-11(6-12(20-10)21-17)18-7-4-8(14)13(16)9(15)5-7/h4-6H,2-3,17H2,1H3,(H2,18,19,20,21). The van der Waals surface area contributed by atoms with E-state index in [4.69, 9.17) is 5.84 Å². The van der Waals surface area contributed by atoms with Crippen LogP contribution in [-0.4, -0.2) is 9.97 Å². The minimum Gasteiger partial charge on any atom is -0.340 e. The van der Waals surface area contributed by atoms with Gasteiger partial charge in [-0.3, -0.25) is 0 Å². The van der Waals surface area contributed by atoms with Crippen molar-refractivity contribution < 1.29 is 13.2 Å². The first-order valence-electron chi connectivity index (χ1n) is 6.29. The predicted octanol–water partition coefficient (Wildman–Crippen LogP) is 2.88. The van der Waals surface area contributed by atoms with Gasteiger partial charge in [-0.15, -0.1) is 0 Å². The molecule has 8 heteroatoms. The highest BCUT2D eigenvalue weighted by atomic mass is 19.2. The normalized spacial score (nSPS) is 10.5. The molecule has 0 spiro atoms. The molecule has 0 aliphatic carbocycles. The van der Waals surface area contributed by atoms with Crippen LogP contribution in [0.15, 0.2) is 18.2 Å². The van der Waals surface area contributed by atoms with E-state index in [1.54, 1.807) is 0 Å². The first kappa shape index (κ1) is 15.0. The number of hydrogen-bond acceptors (Lipinski definition) is 5. The number of benzene rings is 1. The molecular formula is C13H14F3N5. The Bertz CT molecular complexity index is 625. The molecule has 21 heavy (non-hydrogen) atoms. The van der Waals surface area contributed by atoms with Crippen molar-refractivity contribution >= 4 is 17.3 Å². The minimum absolute atomic E-state index is 0.0375. The third-order valence-electron chi connectivity index (χ3n) is 2.65. The van der Waals surface area contributed by atoms with Gasteiger partial charge in [0.2, 0.25) is 0 Å². The van der Waals surface area contributed by atoms with E-state index >= 15 is 0 Å². The number of aromatic nitrogens is 2. The van der Waals surface area contributed by atoms with Crippen LogP contribution in [0.25, 0.3) is 0 Å². The van der Waals surface area contributed by atoms with E-state index in [-0.39, 0.29) is 5.69 Å². The van der Waals surface area contributed by atoms with Crippen molar-refractivity contribution in [3.63, 3.8) is 0 Å². The van der Waals surface area contributed by atoms with Crippen molar-refractivity contribution in [2.75, 3.05) is 10.7 Å². The van der Waals surface area contributed by atoms with Gasteiger partial charge in [-0.1, -0.05) is 6.92 Å². The third kappa shape index (κ3) is 3.60. The Labute approximate surface area is 119 Å². The molecule has 1 heterocycles. The van der Waals surface area contributed by atoms with Crippen LogP contribution in [-0.2, 0) is 6.42 Å². The van der Waals surface area contributed by atoms with Crippen molar-refractivity contribution in [1.29, 1.82) is 0 Å². The monoisotopic (exact) mass is 297 g/mol. The number of hydrogen-bond donors (Lipinski definition) is 3. The van der Waals surface area contributed by atoms with Gasteiger partial charge >= 0.3 is 0 Å². The zero-order chi connectivity index (χ0) is 15.4. The number of aryl methyl sites for hydroxylation is 1. The van der Waals surface area contributed by atoms with E-state index in [0.717, 1.165) is 18.6 Å². The molecule has 112 valence electrons. The highest BCUT2D eigenvalue weighted by molar-refractivity contribution is 5.59. The van der Waals surface area contributed by atoms with Crippen LogP contribution < -0.4 is 16.6 Å². The Kier molecular flexibility index (Phi) is 4.59. The molecule has 0 atom stereocenters. The maximum absolute atomic E-state index is 13.2. The van der Waals surface area contributed by atoms with Crippen LogP contribution in [0.4, 0.5) is 30.5 Å². The molecular weight excluding hydrogens is 283 g/mol. The average molecular weight is 297 g/mol. The van der Waals surface area contributed by atoms with Crippen molar-refractivity contribution in [3.05, 3.63) is 41.5 Å². The number of nitrogen functional groups attached to an aromatic ring is 1. The number of nitrogens with two attached hydrogens (primary N) is 1. The molecule has 0 saturated heterocycles. The first-order valence-corrected chi connectivity index (χ1v) is 6.29. The number of hydrazine groups is 1. The second-order valence-electron chi connectivity index (χ2n) is 4.33. The summed E-state index contributed by atoms with van der Waals surface area (Å²) in [6.07, 6.45) is 1.45. The first-order chi connectivity index (χ1) is 10.0. The molecule has 1 aromatic carbocycles. The van der Waals surface area contributed by atoms with E-state index in [1.807, 2.05) is 6.92 Å². The summed E-state index contributed by atoms with van der Waals surface area (Å²) in [5, 5.41) is 2.69. The highest BCUT2D eigenvalue weighted by Crippen LogP contribution is 2.21. The quantitative estimate of drug-likeness (QED) is 0.449. The fraction of sp³-hybridized carbons (Fsp3) is 0.231. The van der Waals surface area contributed by atoms with E-state index < -0.39 is 17.5 Å². The maximum Gasteiger partial charge on any atom is 0.194 e. The van der Waals surface area contributed by atoms with Gasteiger partial charge < -0.3 is 10.7 Å². The molecule has 0 saturated carbocycles. The van der Waals surface area contributed by atoms with Gasteiger partial charge in [0.15, 0.2) is 17.5 Å². The molecule has 0 amide bonds. The number of nitrogens with zero attached hydrogens (tertiary/aromatic N) is 2. The summed E-state index contributed by atoms with van der Waals surface area (Å²) >= 11 is 0. The average Bonchev–Trinajstić information content (AvgIpc) is 2.44. The molecule has 4 N–H and O–H groups in total. The van der Waals surface area contributed by atoms with Gasteiger partial charge in [0.05, 0.1) is 0 Å². The summed E-state index contributed by atoms with van der Waals surface area (Å²) in [4.78, 5) is 8.33. The van der Waals surface area contributed by atoms with E-state index in [0.29, 0.717) is 23.9 Å². The van der Waals surface area contributed by atoms with Crippen LogP contribution >= 0.6 is 0 Å². The number of rotatable bonds is 5. The Morgan fingerprint density at radius 3 is 2.24 bits per heavy atom. The second kappa shape index (κ2) is 6.40. The molecule has 0 fully saturated rings. The molecule has 0 aliphatic rings. The van der Waals surface area contributed by atoms with E-state index in [1.165, 1.54) is 6.07 Å². The molecule has 1 aromatic heterocycles. The summed E-state index contributed by atoms with van der Waals surface area (Å²) in [5.41, 5.74) is 2.42. The molecule has 0 unspecified atom stereocenters. The molecule has 5 nitrogen and oxygen atoms in total. The summed E-state index contributed by atoms with van der Waals surface area (Å²) in [6.45, 7) is 1.96. The third-order valence-corrected chi connectivity index (χ3v) is 2.65. The lowest BCUT2D eigenvalue weighted by atomic mass is 10.2. The number of halogens is 3. The van der Waals surface area contributed by atoms with Crippen LogP contribution in [0, 0.1) is 17.5 Å². The predicted molar refractivity (Wildman–Crippen MR) is 73.4 cm³/mol. The number of nitrogens with one attached hydrogen (secondary N) is 2. The molecule has 2 rings (SSSR count). The largest absolute Gasteiger partial charge is 0.340 e. The highest BCUT2D eigenvalue weighted by Gasteiger charge is 2.11. The van der Waals surface area contributed by atoms with Crippen molar-refractivity contribution in [2.24, 2.45) is 5.84 Å². The van der Waals surface area contributed by atoms with Gasteiger partial charge in [0.1, 0.15) is 17.5 Å². The fourth-order valence-corrected chi connectivity index (χ4v) is 1.75. The van der Waals surface area contributed by atoms with Crippen molar-refractivity contribution in [2.45, 2.75) is 19.8 Å². The fourth-order valence-electron chi connectivity index (χ4n) is 1.75. The lowest BCUT2D eigenvalue weighted by Gasteiger charge is -2.10. The van der Waals surface area contributed by atoms with Gasteiger partial charge in [-0.05, 0) is 6.42 Å². The lowest BCUT2D eigenvalue weighted by molar-refractivity contribution is 0.448. The van der Waals surface area contributed by atoms with Crippen LogP contribution in [0.2, 0.25) is 0 Å². The Hall–Kier alpha value is -2.35. The summed E-state index contributed by atoms with van der Waals surface area (Å²) < 4.78 is 39.2. The Balaban J connectivity index is 2.32. The lowest BCUT2D eigenvalue weighted by Crippen LogP contribution is -2.11. The van der Waals surface area contributed by atoms with Gasteiger partial charge in [0.25, 0.3) is 0 Å². The van der Waals surface area contributed by atoms with Crippen molar-refractivity contribution in [1.82, 2.24) is 9.97 Å². The van der Waals surface area contributed by atoms with E-state index in [9.17, 15) is 13.2 Å². The summed E-state index contributed by atoms with van der Waals surface area (Å²) in [7, 11) is 0. The van der Waals surface area contributed by atoms with E-state index in [2.05, 4.69) is 20.7 Å². The van der Waals surface area contributed by atoms with Crippen molar-refractivity contribution in [3.8, 4) is 0 Å². The van der Waals surface area contributed by atoms with Gasteiger partial charge in [0, 0.05) is 30.3 Å². The summed E-state index contributed by atoms with van der Waals surface area (Å²) in [5.74, 6) is 2.42. The van der Waals surface area contributed by atoms with Crippen LogP contribution in [0.5, 0.6) is 0 Å². The topological polar surface area (TPSA) is 75.9 Å². The molecule has 2 aromatic rings. The SMILES string of the molecule is CCCc1nc(NN)cc(Nc2cc(F)c(F)c(F)c2)n1. The van der Waals surface area contributed by atoms with Gasteiger partial charge in [-0.25, -0.2) is 29.0 Å². The van der Waals surface area contributed by atoms with Gasteiger partial charge in [-0.2, -0.15) is 0 Å². The smallest absolute Gasteiger partial charge is 0.194 e. The molecule has 0 bridgehead atoms. The maximum atomic E-state index is 13.2. The Morgan fingerprint density at radius 2 is 1.67 bits per heavy atom. The zero-order valence-corrected chi connectivity index (χ0v) is 11.3. The molecule has 0 aliphatic heterocycles. The summed E-state index contributed by atoms with van der Waals surface area (Å²) in [6, 6.07) is 3.16. The minimum atomic E-state index is -1.51.